The van der Waals surface area contributed by atoms with Crippen molar-refractivity contribution in [3.8, 4) is 0 Å². The minimum Gasteiger partial charge on any atom is -0.309 e. The van der Waals surface area contributed by atoms with Gasteiger partial charge in [-0.2, -0.15) is 0 Å². The molecule has 1 amide bonds. The van der Waals surface area contributed by atoms with Crippen molar-refractivity contribution in [2.45, 2.75) is 31.2 Å². The number of anilines is 2. The smallest absolute Gasteiger partial charge is 0.224 e. The fourth-order valence-corrected chi connectivity index (χ4v) is 3.78. The van der Waals surface area contributed by atoms with Crippen molar-refractivity contribution in [2.24, 2.45) is 0 Å². The van der Waals surface area contributed by atoms with E-state index in [1.807, 2.05) is 55.5 Å². The van der Waals surface area contributed by atoms with Gasteiger partial charge in [0, 0.05) is 24.3 Å². The highest BCUT2D eigenvalue weighted by atomic mass is 32.2. The lowest BCUT2D eigenvalue weighted by atomic mass is 10.1. The van der Waals surface area contributed by atoms with E-state index in [1.54, 1.807) is 11.8 Å². The summed E-state index contributed by atoms with van der Waals surface area (Å²) in [5, 5.41) is 0. The number of amides is 1. The molecule has 0 spiro atoms. The number of nitrogens with one attached hydrogen (secondary N) is 1. The van der Waals surface area contributed by atoms with Crippen molar-refractivity contribution in [1.82, 2.24) is 0 Å². The molecule has 0 aromatic heterocycles. The van der Waals surface area contributed by atoms with Crippen LogP contribution in [0.3, 0.4) is 0 Å². The van der Waals surface area contributed by atoms with Crippen LogP contribution in [0, 0.1) is 0 Å². The first-order valence-electron chi connectivity index (χ1n) is 7.22. The molecule has 0 fully saturated rings. The number of rotatable bonds is 3. The van der Waals surface area contributed by atoms with Gasteiger partial charge in [0.1, 0.15) is 11.0 Å². The highest BCUT2D eigenvalue weighted by Crippen LogP contribution is 2.33. The van der Waals surface area contributed by atoms with Gasteiger partial charge < -0.3 is 9.62 Å². The summed E-state index contributed by atoms with van der Waals surface area (Å²) in [6.45, 7) is 3.61. The number of carbonyl (C=O) groups is 1. The maximum Gasteiger partial charge on any atom is 0.224 e. The lowest BCUT2D eigenvalue weighted by Gasteiger charge is -2.20. The van der Waals surface area contributed by atoms with Gasteiger partial charge in [0.2, 0.25) is 5.91 Å². The highest BCUT2D eigenvalue weighted by molar-refractivity contribution is 7.86. The number of para-hydroxylation sites is 1. The molecular formula is C17H18N2O2S. The van der Waals surface area contributed by atoms with Crippen molar-refractivity contribution in [1.29, 1.82) is 0 Å². The summed E-state index contributed by atoms with van der Waals surface area (Å²) < 4.78 is 15.4. The highest BCUT2D eigenvalue weighted by Gasteiger charge is 2.29. The Morgan fingerprint density at radius 2 is 1.95 bits per heavy atom. The SMILES string of the molecule is CC(=O)N1c2ccc(S(=O)Nc3ccccc3)cc2CC1C. The summed E-state index contributed by atoms with van der Waals surface area (Å²) in [6, 6.07) is 15.3. The van der Waals surface area contributed by atoms with Crippen LogP contribution < -0.4 is 9.62 Å². The van der Waals surface area contributed by atoms with Crippen molar-refractivity contribution in [3.05, 3.63) is 54.1 Å². The number of hydrogen-bond donors (Lipinski definition) is 1. The minimum absolute atomic E-state index is 0.0440. The van der Waals surface area contributed by atoms with Crippen LogP contribution in [0.2, 0.25) is 0 Å². The molecule has 3 rings (SSSR count). The second-order valence-electron chi connectivity index (χ2n) is 5.47. The van der Waals surface area contributed by atoms with Crippen LogP contribution in [-0.4, -0.2) is 16.2 Å². The van der Waals surface area contributed by atoms with E-state index in [1.165, 1.54) is 0 Å². The third-order valence-electron chi connectivity index (χ3n) is 3.80. The molecule has 0 bridgehead atoms. The molecule has 0 radical (unpaired) electrons. The third kappa shape index (κ3) is 2.76. The Morgan fingerprint density at radius 3 is 2.64 bits per heavy atom. The van der Waals surface area contributed by atoms with Gasteiger partial charge in [-0.1, -0.05) is 18.2 Å². The molecule has 0 aliphatic carbocycles. The zero-order valence-electron chi connectivity index (χ0n) is 12.6. The van der Waals surface area contributed by atoms with Gasteiger partial charge in [0.15, 0.2) is 0 Å². The van der Waals surface area contributed by atoms with E-state index in [-0.39, 0.29) is 11.9 Å². The quantitative estimate of drug-likeness (QED) is 0.946. The van der Waals surface area contributed by atoms with Gasteiger partial charge >= 0.3 is 0 Å². The zero-order valence-corrected chi connectivity index (χ0v) is 13.4. The van der Waals surface area contributed by atoms with Gasteiger partial charge in [-0.15, -0.1) is 0 Å². The normalized spacial score (nSPS) is 17.9. The fourth-order valence-electron chi connectivity index (χ4n) is 2.87. The molecule has 114 valence electrons. The predicted octanol–water partition coefficient (Wildman–Crippen LogP) is 3.12. The summed E-state index contributed by atoms with van der Waals surface area (Å²) in [4.78, 5) is 14.3. The molecule has 0 saturated heterocycles. The topological polar surface area (TPSA) is 49.4 Å². The van der Waals surface area contributed by atoms with E-state index in [4.69, 9.17) is 0 Å². The van der Waals surface area contributed by atoms with Crippen molar-refractivity contribution in [3.63, 3.8) is 0 Å². The molecule has 2 unspecified atom stereocenters. The van der Waals surface area contributed by atoms with Gasteiger partial charge in [0.05, 0.1) is 4.90 Å². The fraction of sp³-hybridized carbons (Fsp3) is 0.235. The molecule has 1 aliphatic heterocycles. The number of carbonyl (C=O) groups excluding carboxylic acids is 1. The summed E-state index contributed by atoms with van der Waals surface area (Å²) in [7, 11) is -1.31. The summed E-state index contributed by atoms with van der Waals surface area (Å²) in [5.74, 6) is 0.0440. The maximum atomic E-state index is 12.4. The second kappa shape index (κ2) is 5.93. The molecule has 2 aromatic rings. The second-order valence-corrected chi connectivity index (χ2v) is 6.68. The lowest BCUT2D eigenvalue weighted by Crippen LogP contribution is -2.33. The standard InChI is InChI=1S/C17H18N2O2S/c1-12-10-14-11-16(8-9-17(14)19(12)13(2)20)22(21)18-15-6-4-3-5-7-15/h3-9,11-12,18H,10H2,1-2H3. The first kappa shape index (κ1) is 14.8. The van der Waals surface area contributed by atoms with E-state index in [0.29, 0.717) is 0 Å². The summed E-state index contributed by atoms with van der Waals surface area (Å²) >= 11 is 0. The Kier molecular flexibility index (Phi) is 3.98. The van der Waals surface area contributed by atoms with E-state index in [2.05, 4.69) is 4.72 Å². The van der Waals surface area contributed by atoms with Crippen molar-refractivity contribution >= 4 is 28.3 Å². The molecule has 4 nitrogen and oxygen atoms in total. The van der Waals surface area contributed by atoms with Gasteiger partial charge in [0.25, 0.3) is 0 Å². The van der Waals surface area contributed by atoms with E-state index < -0.39 is 11.0 Å². The number of nitrogens with zero attached hydrogens (tertiary/aromatic N) is 1. The van der Waals surface area contributed by atoms with Crippen LogP contribution in [0.1, 0.15) is 19.4 Å². The average molecular weight is 314 g/mol. The number of benzene rings is 2. The van der Waals surface area contributed by atoms with E-state index in [0.717, 1.165) is 28.3 Å². The van der Waals surface area contributed by atoms with Crippen LogP contribution in [0.4, 0.5) is 11.4 Å². The van der Waals surface area contributed by atoms with Crippen LogP contribution in [0.5, 0.6) is 0 Å². The first-order chi connectivity index (χ1) is 10.6. The maximum absolute atomic E-state index is 12.4. The largest absolute Gasteiger partial charge is 0.309 e. The Bertz CT molecular complexity index is 731. The average Bonchev–Trinajstić information content (AvgIpc) is 2.83. The Morgan fingerprint density at radius 1 is 1.23 bits per heavy atom. The van der Waals surface area contributed by atoms with Crippen LogP contribution >= 0.6 is 0 Å². The van der Waals surface area contributed by atoms with Gasteiger partial charge in [-0.3, -0.25) is 4.79 Å². The Labute approximate surface area is 132 Å². The number of hydrogen-bond acceptors (Lipinski definition) is 2. The molecule has 1 aliphatic rings. The summed E-state index contributed by atoms with van der Waals surface area (Å²) in [5.41, 5.74) is 2.82. The molecular weight excluding hydrogens is 296 g/mol. The first-order valence-corrected chi connectivity index (χ1v) is 8.37. The zero-order chi connectivity index (χ0) is 15.7. The van der Waals surface area contributed by atoms with Crippen LogP contribution in [0.25, 0.3) is 0 Å². The van der Waals surface area contributed by atoms with Crippen molar-refractivity contribution < 1.29 is 9.00 Å². The predicted molar refractivity (Wildman–Crippen MR) is 89.2 cm³/mol. The molecule has 1 N–H and O–H groups in total. The van der Waals surface area contributed by atoms with Crippen molar-refractivity contribution in [2.75, 3.05) is 9.62 Å². The monoisotopic (exact) mass is 314 g/mol. The third-order valence-corrected chi connectivity index (χ3v) is 4.91. The molecule has 1 heterocycles. The van der Waals surface area contributed by atoms with E-state index in [9.17, 15) is 9.00 Å². The lowest BCUT2D eigenvalue weighted by molar-refractivity contribution is -0.116. The summed E-state index contributed by atoms with van der Waals surface area (Å²) in [6.07, 6.45) is 0.797. The molecule has 22 heavy (non-hydrogen) atoms. The van der Waals surface area contributed by atoms with Gasteiger partial charge in [-0.05, 0) is 49.2 Å². The number of fused-ring (bicyclic) bond motifs is 1. The molecule has 2 aromatic carbocycles. The minimum atomic E-state index is -1.31. The van der Waals surface area contributed by atoms with Crippen LogP contribution in [-0.2, 0) is 22.2 Å². The molecule has 0 saturated carbocycles. The van der Waals surface area contributed by atoms with Crippen LogP contribution in [0.15, 0.2) is 53.4 Å². The Hall–Kier alpha value is -2.14. The Balaban J connectivity index is 1.84. The van der Waals surface area contributed by atoms with E-state index >= 15 is 0 Å². The van der Waals surface area contributed by atoms with Gasteiger partial charge in [-0.25, -0.2) is 4.21 Å². The molecule has 2 atom stereocenters. The molecule has 5 heteroatoms.